The summed E-state index contributed by atoms with van der Waals surface area (Å²) in [6.45, 7) is 0. The summed E-state index contributed by atoms with van der Waals surface area (Å²) in [7, 11) is -2.24. The third-order valence-corrected chi connectivity index (χ3v) is 2.83. The molecule has 5 nitrogen and oxygen atoms in total. The van der Waals surface area contributed by atoms with Crippen LogP contribution in [0.5, 0.6) is 0 Å². The third kappa shape index (κ3) is 3.28. The van der Waals surface area contributed by atoms with Crippen molar-refractivity contribution in [1.82, 2.24) is 9.78 Å². The van der Waals surface area contributed by atoms with E-state index in [0.717, 1.165) is 16.7 Å². The molecule has 0 aliphatic heterocycles. The van der Waals surface area contributed by atoms with Gasteiger partial charge in [0, 0.05) is 18.8 Å². The fourth-order valence-corrected chi connectivity index (χ4v) is 1.83. The second-order valence-electron chi connectivity index (χ2n) is 3.81. The normalized spacial score (nSPS) is 12.1. The highest BCUT2D eigenvalue weighted by Gasteiger charge is 2.01. The first kappa shape index (κ1) is 12.5. The molecule has 1 aromatic heterocycles. The Morgan fingerprint density at radius 2 is 1.89 bits per heavy atom. The van der Waals surface area contributed by atoms with Crippen molar-refractivity contribution in [2.45, 2.75) is 0 Å². The number of aromatic nitrogens is 2. The summed E-state index contributed by atoms with van der Waals surface area (Å²) in [5, 5.41) is 5.01. The molecule has 0 aliphatic carbocycles. The van der Waals surface area contributed by atoms with E-state index in [1.807, 2.05) is 31.4 Å². The largest absolute Gasteiger partial charge is 0.287 e. The number of aryl methyl sites for hydroxylation is 1. The Labute approximate surface area is 105 Å². The van der Waals surface area contributed by atoms with Gasteiger partial charge in [0.1, 0.15) is 0 Å². The van der Waals surface area contributed by atoms with Gasteiger partial charge < -0.3 is 0 Å². The van der Waals surface area contributed by atoms with Crippen LogP contribution in [0.1, 0.15) is 5.56 Å². The molecule has 0 radical (unpaired) electrons. The van der Waals surface area contributed by atoms with E-state index in [9.17, 15) is 8.42 Å². The van der Waals surface area contributed by atoms with Crippen molar-refractivity contribution in [2.24, 2.45) is 7.05 Å². The molecule has 18 heavy (non-hydrogen) atoms. The number of hydrogen-bond acceptors (Lipinski definition) is 3. The lowest BCUT2D eigenvalue weighted by atomic mass is 10.1. The highest BCUT2D eigenvalue weighted by molar-refractivity contribution is 7.88. The molecule has 0 saturated carbocycles. The molecule has 94 valence electrons. The lowest BCUT2D eigenvalue weighted by Gasteiger charge is -1.98. The van der Waals surface area contributed by atoms with Gasteiger partial charge in [-0.2, -0.15) is 13.5 Å². The van der Waals surface area contributed by atoms with E-state index in [0.29, 0.717) is 5.56 Å². The Morgan fingerprint density at radius 1 is 1.22 bits per heavy atom. The summed E-state index contributed by atoms with van der Waals surface area (Å²) < 4.78 is 31.4. The molecule has 0 spiro atoms. The van der Waals surface area contributed by atoms with Crippen LogP contribution in [0.2, 0.25) is 0 Å². The molecule has 0 saturated heterocycles. The molecule has 2 rings (SSSR count). The Hall–Kier alpha value is -1.92. The molecule has 1 aromatic carbocycles. The van der Waals surface area contributed by atoms with Gasteiger partial charge in [-0.15, -0.1) is 0 Å². The maximum Gasteiger partial charge on any atom is 0.287 e. The Morgan fingerprint density at radius 3 is 2.39 bits per heavy atom. The molecule has 0 amide bonds. The van der Waals surface area contributed by atoms with Crippen LogP contribution in [0.25, 0.3) is 17.3 Å². The van der Waals surface area contributed by atoms with E-state index in [2.05, 4.69) is 5.10 Å². The topological polar surface area (TPSA) is 72.2 Å². The number of rotatable bonds is 3. The summed E-state index contributed by atoms with van der Waals surface area (Å²) in [6, 6.07) is 9.08. The first-order chi connectivity index (χ1) is 8.44. The fourth-order valence-electron chi connectivity index (χ4n) is 1.50. The molecule has 0 aliphatic rings. The molecular formula is C12H12N2O3S. The van der Waals surface area contributed by atoms with Crippen LogP contribution in [0.15, 0.2) is 41.9 Å². The van der Waals surface area contributed by atoms with Crippen molar-refractivity contribution in [3.8, 4) is 11.3 Å². The van der Waals surface area contributed by atoms with Crippen molar-refractivity contribution < 1.29 is 13.0 Å². The minimum absolute atomic E-state index is 0.687. The minimum Gasteiger partial charge on any atom is -0.282 e. The zero-order valence-electron chi connectivity index (χ0n) is 9.69. The SMILES string of the molecule is Cn1ccc(-c2ccc(C=CS(=O)(=O)O)cc2)n1. The van der Waals surface area contributed by atoms with Gasteiger partial charge in [0.2, 0.25) is 0 Å². The molecule has 1 heterocycles. The van der Waals surface area contributed by atoms with Crippen LogP contribution in [0.3, 0.4) is 0 Å². The highest BCUT2D eigenvalue weighted by atomic mass is 32.2. The van der Waals surface area contributed by atoms with E-state index < -0.39 is 10.1 Å². The Balaban J connectivity index is 2.23. The van der Waals surface area contributed by atoms with Crippen LogP contribution < -0.4 is 0 Å². The summed E-state index contributed by atoms with van der Waals surface area (Å²) in [4.78, 5) is 0. The van der Waals surface area contributed by atoms with Crippen molar-refractivity contribution >= 4 is 16.2 Å². The first-order valence-corrected chi connectivity index (χ1v) is 6.70. The molecule has 0 atom stereocenters. The average molecular weight is 264 g/mol. The maximum absolute atomic E-state index is 10.6. The quantitative estimate of drug-likeness (QED) is 0.860. The van der Waals surface area contributed by atoms with Crippen molar-refractivity contribution in [3.05, 3.63) is 47.5 Å². The van der Waals surface area contributed by atoms with E-state index in [-0.39, 0.29) is 0 Å². The van der Waals surface area contributed by atoms with Gasteiger partial charge in [0.15, 0.2) is 0 Å². The Bertz CT molecular complexity index is 670. The highest BCUT2D eigenvalue weighted by Crippen LogP contribution is 2.17. The van der Waals surface area contributed by atoms with Gasteiger partial charge in [0.05, 0.1) is 11.1 Å². The molecule has 0 fully saturated rings. The summed E-state index contributed by atoms with van der Waals surface area (Å²) in [5.74, 6) is 0. The van der Waals surface area contributed by atoms with Crippen LogP contribution in [0, 0.1) is 0 Å². The molecule has 0 bridgehead atoms. The number of hydrogen-bond donors (Lipinski definition) is 1. The summed E-state index contributed by atoms with van der Waals surface area (Å²) in [6.07, 6.45) is 3.18. The van der Waals surface area contributed by atoms with Gasteiger partial charge >= 0.3 is 0 Å². The lowest BCUT2D eigenvalue weighted by molar-refractivity contribution is 0.494. The average Bonchev–Trinajstić information content (AvgIpc) is 2.73. The van der Waals surface area contributed by atoms with Gasteiger partial charge in [-0.1, -0.05) is 24.3 Å². The molecule has 2 aromatic rings. The van der Waals surface area contributed by atoms with Crippen LogP contribution in [-0.4, -0.2) is 22.8 Å². The van der Waals surface area contributed by atoms with E-state index >= 15 is 0 Å². The van der Waals surface area contributed by atoms with Gasteiger partial charge in [-0.05, 0) is 17.7 Å². The smallest absolute Gasteiger partial charge is 0.282 e. The minimum atomic E-state index is -4.08. The van der Waals surface area contributed by atoms with Gasteiger partial charge in [0.25, 0.3) is 10.1 Å². The molecule has 6 heteroatoms. The van der Waals surface area contributed by atoms with Crippen molar-refractivity contribution in [2.75, 3.05) is 0 Å². The Kier molecular flexibility index (Phi) is 3.31. The number of nitrogens with zero attached hydrogens (tertiary/aromatic N) is 2. The second kappa shape index (κ2) is 4.75. The second-order valence-corrected chi connectivity index (χ2v) is 5.12. The predicted octanol–water partition coefficient (Wildman–Crippen LogP) is 1.95. The number of benzene rings is 1. The van der Waals surface area contributed by atoms with Crippen molar-refractivity contribution in [3.63, 3.8) is 0 Å². The van der Waals surface area contributed by atoms with Gasteiger partial charge in [-0.25, -0.2) is 0 Å². The zero-order chi connectivity index (χ0) is 13.2. The van der Waals surface area contributed by atoms with Crippen LogP contribution >= 0.6 is 0 Å². The third-order valence-electron chi connectivity index (χ3n) is 2.35. The van der Waals surface area contributed by atoms with Gasteiger partial charge in [-0.3, -0.25) is 9.23 Å². The monoisotopic (exact) mass is 264 g/mol. The van der Waals surface area contributed by atoms with Crippen LogP contribution in [0.4, 0.5) is 0 Å². The summed E-state index contributed by atoms with van der Waals surface area (Å²) >= 11 is 0. The van der Waals surface area contributed by atoms with E-state index in [1.165, 1.54) is 6.08 Å². The zero-order valence-corrected chi connectivity index (χ0v) is 10.5. The molecule has 0 unspecified atom stereocenters. The van der Waals surface area contributed by atoms with Crippen LogP contribution in [-0.2, 0) is 17.2 Å². The standard InChI is InChI=1S/C12H12N2O3S/c1-14-8-6-12(13-14)11-4-2-10(3-5-11)7-9-18(15,16)17/h2-9H,1H3,(H,15,16,17). The van der Waals surface area contributed by atoms with E-state index in [1.54, 1.807) is 16.8 Å². The fraction of sp³-hybridized carbons (Fsp3) is 0.0833. The first-order valence-electron chi connectivity index (χ1n) is 5.20. The molecule has 1 N–H and O–H groups in total. The van der Waals surface area contributed by atoms with E-state index in [4.69, 9.17) is 4.55 Å². The lowest BCUT2D eigenvalue weighted by Crippen LogP contribution is -1.89. The maximum atomic E-state index is 10.6. The molecular weight excluding hydrogens is 252 g/mol. The summed E-state index contributed by atoms with van der Waals surface area (Å²) in [5.41, 5.74) is 2.48. The predicted molar refractivity (Wildman–Crippen MR) is 69.2 cm³/mol. The van der Waals surface area contributed by atoms with Crippen molar-refractivity contribution in [1.29, 1.82) is 0 Å².